The maximum atomic E-state index is 13.7. The van der Waals surface area contributed by atoms with E-state index in [4.69, 9.17) is 13.8 Å². The zero-order chi connectivity index (χ0) is 66.3. The van der Waals surface area contributed by atoms with E-state index in [1.54, 1.807) is 0 Å². The van der Waals surface area contributed by atoms with Crippen LogP contribution < -0.4 is 5.32 Å². The number of esters is 1. The van der Waals surface area contributed by atoms with E-state index >= 15 is 0 Å². The first-order valence-corrected chi connectivity index (χ1v) is 42.5. The molecule has 0 aliphatic rings. The fourth-order valence-electron chi connectivity index (χ4n) is 12.9. The molecule has 9 nitrogen and oxygen atoms in total. The second-order valence-electron chi connectivity index (χ2n) is 29.7. The van der Waals surface area contributed by atoms with Crippen molar-refractivity contribution in [2.45, 2.75) is 457 Å². The van der Waals surface area contributed by atoms with Crippen LogP contribution in [0.25, 0.3) is 0 Å². The number of nitrogens with zero attached hydrogens (tertiary/aromatic N) is 1. The highest BCUT2D eigenvalue weighted by Gasteiger charge is 2.30. The summed E-state index contributed by atoms with van der Waals surface area (Å²) in [7, 11) is 1.53. The number of likely N-dealkylation sites (N-methyl/N-ethyl adjacent to an activating group) is 1. The summed E-state index contributed by atoms with van der Waals surface area (Å²) in [5.41, 5.74) is 0. The number of amides is 1. The molecular formula is C81H162N2O7P+. The van der Waals surface area contributed by atoms with Gasteiger partial charge in [0.05, 0.1) is 33.8 Å². The maximum Gasteiger partial charge on any atom is 0.472 e. The molecule has 0 aromatic carbocycles. The molecule has 0 aromatic heterocycles. The third-order valence-electron chi connectivity index (χ3n) is 19.2. The van der Waals surface area contributed by atoms with E-state index < -0.39 is 20.0 Å². The molecule has 0 aliphatic carbocycles. The molecule has 0 saturated carbocycles. The largest absolute Gasteiger partial charge is 0.472 e. The minimum absolute atomic E-state index is 0.0463. The standard InChI is InChI=1S/C81H161N2O7P/c1-7-10-13-16-19-22-25-27-29-31-33-35-37-39-41-43-45-47-49-51-53-55-58-61-64-67-70-73-80(84)82-78(77-89-91(86,87)88-76-75-83(4,5)6)79(72-69-66-63-60-57-24-21-18-15-12-9-3)90-81(85)74-71-68-65-62-59-56-54-52-50-48-46-44-42-40-38-36-34-32-30-28-26-23-20-17-14-11-8-2/h69,72,78-79H,7-68,70-71,73-77H2,1-6H3,(H-,82,84,86,87)/p+1/b72-69+. The van der Waals surface area contributed by atoms with E-state index in [2.05, 4.69) is 32.2 Å². The Bertz CT molecular complexity index is 1550. The van der Waals surface area contributed by atoms with E-state index in [0.29, 0.717) is 23.9 Å². The molecule has 0 radical (unpaired) electrons. The van der Waals surface area contributed by atoms with Gasteiger partial charge in [0.25, 0.3) is 0 Å². The van der Waals surface area contributed by atoms with Crippen molar-refractivity contribution in [2.24, 2.45) is 0 Å². The second kappa shape index (κ2) is 71.5. The van der Waals surface area contributed by atoms with Gasteiger partial charge in [-0.05, 0) is 31.8 Å². The van der Waals surface area contributed by atoms with E-state index in [1.165, 1.54) is 353 Å². The van der Waals surface area contributed by atoms with E-state index in [-0.39, 0.29) is 25.1 Å². The minimum Gasteiger partial charge on any atom is -0.456 e. The van der Waals surface area contributed by atoms with Crippen LogP contribution in [0.4, 0.5) is 0 Å². The van der Waals surface area contributed by atoms with Crippen LogP contribution in [-0.4, -0.2) is 74.3 Å². The number of phosphoric acid groups is 1. The molecule has 91 heavy (non-hydrogen) atoms. The van der Waals surface area contributed by atoms with E-state index in [0.717, 1.165) is 57.8 Å². The van der Waals surface area contributed by atoms with Gasteiger partial charge in [0.15, 0.2) is 0 Å². The number of ether oxygens (including phenoxy) is 1. The Morgan fingerprint density at radius 1 is 0.374 bits per heavy atom. The van der Waals surface area contributed by atoms with Crippen molar-refractivity contribution in [3.05, 3.63) is 12.2 Å². The number of allylic oxidation sites excluding steroid dienone is 1. The predicted molar refractivity (Wildman–Crippen MR) is 397 cm³/mol. The van der Waals surface area contributed by atoms with Gasteiger partial charge in [-0.15, -0.1) is 0 Å². The van der Waals surface area contributed by atoms with Gasteiger partial charge in [0.2, 0.25) is 5.91 Å². The van der Waals surface area contributed by atoms with Crippen molar-refractivity contribution in [3.63, 3.8) is 0 Å². The first-order chi connectivity index (χ1) is 44.4. The molecule has 0 aliphatic heterocycles. The fraction of sp³-hybridized carbons (Fsp3) is 0.951. The second-order valence-corrected chi connectivity index (χ2v) is 31.1. The molecule has 0 heterocycles. The topological polar surface area (TPSA) is 111 Å². The average Bonchev–Trinajstić information content (AvgIpc) is 3.73. The molecule has 3 unspecified atom stereocenters. The van der Waals surface area contributed by atoms with Crippen LogP contribution in [0.3, 0.4) is 0 Å². The Kier molecular flexibility index (Phi) is 70.5. The van der Waals surface area contributed by atoms with E-state index in [9.17, 15) is 19.0 Å². The number of quaternary nitrogens is 1. The predicted octanol–water partition coefficient (Wildman–Crippen LogP) is 26.6. The third kappa shape index (κ3) is 72.9. The van der Waals surface area contributed by atoms with Crippen molar-refractivity contribution in [1.82, 2.24) is 5.32 Å². The number of nitrogens with one attached hydrogen (secondary N) is 1. The molecule has 0 rings (SSSR count). The van der Waals surface area contributed by atoms with E-state index in [1.807, 2.05) is 27.2 Å². The Labute approximate surface area is 569 Å². The highest BCUT2D eigenvalue weighted by molar-refractivity contribution is 7.47. The summed E-state index contributed by atoms with van der Waals surface area (Å²) in [5.74, 6) is -0.473. The first-order valence-electron chi connectivity index (χ1n) is 41.0. The van der Waals surface area contributed by atoms with Crippen molar-refractivity contribution in [1.29, 1.82) is 0 Å². The molecule has 0 spiro atoms. The number of hydrogen-bond acceptors (Lipinski definition) is 6. The van der Waals surface area contributed by atoms with Gasteiger partial charge in [0.1, 0.15) is 19.3 Å². The van der Waals surface area contributed by atoms with Gasteiger partial charge in [0, 0.05) is 12.8 Å². The summed E-state index contributed by atoms with van der Waals surface area (Å²) in [6.45, 7) is 7.11. The Hall–Kier alpha value is -1.25. The zero-order valence-electron chi connectivity index (χ0n) is 62.4. The molecule has 3 atom stereocenters. The summed E-state index contributed by atoms with van der Waals surface area (Å²) in [4.78, 5) is 38.0. The lowest BCUT2D eigenvalue weighted by atomic mass is 10.0. The van der Waals surface area contributed by atoms with Crippen molar-refractivity contribution in [2.75, 3.05) is 40.9 Å². The smallest absolute Gasteiger partial charge is 0.456 e. The van der Waals surface area contributed by atoms with Crippen LogP contribution in [0, 0.1) is 0 Å². The molecule has 1 amide bonds. The molecule has 542 valence electrons. The van der Waals surface area contributed by atoms with Crippen LogP contribution in [0.1, 0.15) is 445 Å². The number of hydrogen-bond donors (Lipinski definition) is 2. The molecule has 2 N–H and O–H groups in total. The molecule has 0 fully saturated rings. The Balaban J connectivity index is 4.79. The summed E-state index contributed by atoms with van der Waals surface area (Å²) >= 11 is 0. The highest BCUT2D eigenvalue weighted by atomic mass is 31.2. The monoisotopic (exact) mass is 1310 g/mol. The number of carbonyl (C=O) groups is 2. The molecule has 0 saturated heterocycles. The van der Waals surface area contributed by atoms with Gasteiger partial charge >= 0.3 is 13.8 Å². The van der Waals surface area contributed by atoms with Crippen LogP contribution in [0.15, 0.2) is 12.2 Å². The fourth-order valence-corrected chi connectivity index (χ4v) is 13.7. The number of unbranched alkanes of at least 4 members (excludes halogenated alkanes) is 61. The number of carbonyl (C=O) groups excluding carboxylic acids is 2. The Morgan fingerprint density at radius 2 is 0.626 bits per heavy atom. The lowest BCUT2D eigenvalue weighted by Crippen LogP contribution is -2.47. The summed E-state index contributed by atoms with van der Waals surface area (Å²) in [6.07, 6.45) is 88.4. The third-order valence-corrected chi connectivity index (χ3v) is 20.2. The zero-order valence-corrected chi connectivity index (χ0v) is 63.3. The minimum atomic E-state index is -4.45. The van der Waals surface area contributed by atoms with Gasteiger partial charge in [-0.3, -0.25) is 18.6 Å². The van der Waals surface area contributed by atoms with Crippen molar-refractivity contribution < 1.29 is 37.3 Å². The number of rotatable bonds is 77. The first kappa shape index (κ1) is 89.8. The normalized spacial score (nSPS) is 13.4. The van der Waals surface area contributed by atoms with Crippen molar-refractivity contribution in [3.8, 4) is 0 Å². The molecule has 10 heteroatoms. The summed E-state index contributed by atoms with van der Waals surface area (Å²) in [6, 6.07) is -0.842. The van der Waals surface area contributed by atoms with Crippen LogP contribution in [-0.2, 0) is 27.9 Å². The maximum absolute atomic E-state index is 13.7. The van der Waals surface area contributed by atoms with Crippen LogP contribution >= 0.6 is 7.82 Å². The molecular weight excluding hydrogens is 1140 g/mol. The SMILES string of the molecule is CCCCCCCCCCC/C=C/C(OC(=O)CCCCCCCCCCCCCCCCCCCCCCCCCCCCC)C(COP(=O)(O)OCC[N+](C)(C)C)NC(=O)CCCCCCCCCCCCCCCCCCCCCCCCCCCCC. The van der Waals surface area contributed by atoms with Crippen LogP contribution in [0.2, 0.25) is 0 Å². The molecule has 0 bridgehead atoms. The summed E-state index contributed by atoms with van der Waals surface area (Å²) < 4.78 is 30.9. The molecule has 0 aromatic rings. The summed E-state index contributed by atoms with van der Waals surface area (Å²) in [5, 5.41) is 3.09. The lowest BCUT2D eigenvalue weighted by Gasteiger charge is -2.27. The van der Waals surface area contributed by atoms with Gasteiger partial charge in [-0.25, -0.2) is 4.57 Å². The highest BCUT2D eigenvalue weighted by Crippen LogP contribution is 2.43. The van der Waals surface area contributed by atoms with Gasteiger partial charge in [-0.1, -0.05) is 412 Å². The lowest BCUT2D eigenvalue weighted by molar-refractivity contribution is -0.870. The average molecular weight is 1310 g/mol. The van der Waals surface area contributed by atoms with Crippen LogP contribution in [0.5, 0.6) is 0 Å². The number of phosphoric ester groups is 1. The Morgan fingerprint density at radius 3 is 0.901 bits per heavy atom. The van der Waals surface area contributed by atoms with Crippen molar-refractivity contribution >= 4 is 19.7 Å². The quantitative estimate of drug-likeness (QED) is 0.0205. The van der Waals surface area contributed by atoms with Gasteiger partial charge < -0.3 is 19.4 Å². The van der Waals surface area contributed by atoms with Gasteiger partial charge in [-0.2, -0.15) is 0 Å².